The highest BCUT2D eigenvalue weighted by Gasteiger charge is 2.29. The van der Waals surface area contributed by atoms with Crippen LogP contribution in [0.4, 0.5) is 0 Å². The third-order valence-electron chi connectivity index (χ3n) is 5.74. The topological polar surface area (TPSA) is 71.5 Å². The van der Waals surface area contributed by atoms with Gasteiger partial charge in [0.2, 0.25) is 0 Å². The number of rotatable bonds is 6. The van der Waals surface area contributed by atoms with Gasteiger partial charge < -0.3 is 19.3 Å². The maximum Gasteiger partial charge on any atom is 0.194 e. The molecular weight excluding hydrogens is 467 g/mol. The molecule has 0 aliphatic carbocycles. The fraction of sp³-hybridized carbons (Fsp3) is 0.650. The summed E-state index contributed by atoms with van der Waals surface area (Å²) < 4.78 is 7.74. The van der Waals surface area contributed by atoms with Crippen LogP contribution in [0.3, 0.4) is 0 Å². The molecule has 0 amide bonds. The average Bonchev–Trinajstić information content (AvgIpc) is 3.37. The summed E-state index contributed by atoms with van der Waals surface area (Å²) >= 11 is 0. The van der Waals surface area contributed by atoms with Gasteiger partial charge >= 0.3 is 0 Å². The van der Waals surface area contributed by atoms with Gasteiger partial charge in [0.05, 0.1) is 24.6 Å². The summed E-state index contributed by atoms with van der Waals surface area (Å²) in [6, 6.07) is 2.48. The van der Waals surface area contributed by atoms with Crippen LogP contribution in [0.15, 0.2) is 34.3 Å². The first-order valence-electron chi connectivity index (χ1n) is 10.0. The van der Waals surface area contributed by atoms with Crippen molar-refractivity contribution in [3.05, 3.63) is 36.2 Å². The van der Waals surface area contributed by atoms with Gasteiger partial charge in [0, 0.05) is 44.5 Å². The van der Waals surface area contributed by atoms with E-state index in [0.717, 1.165) is 49.8 Å². The number of hydrogen-bond acceptors (Lipinski definition) is 4. The van der Waals surface area contributed by atoms with Gasteiger partial charge in [-0.3, -0.25) is 4.99 Å². The first-order valence-corrected chi connectivity index (χ1v) is 10.0. The van der Waals surface area contributed by atoms with E-state index in [1.807, 2.05) is 19.6 Å². The van der Waals surface area contributed by atoms with Crippen LogP contribution in [0.1, 0.15) is 63.4 Å². The summed E-state index contributed by atoms with van der Waals surface area (Å²) in [4.78, 5) is 11.0. The van der Waals surface area contributed by atoms with Gasteiger partial charge in [0.25, 0.3) is 0 Å². The molecule has 2 aromatic rings. The molecule has 0 spiro atoms. The van der Waals surface area contributed by atoms with Crippen LogP contribution in [-0.2, 0) is 6.54 Å². The van der Waals surface area contributed by atoms with Crippen LogP contribution in [0.25, 0.3) is 0 Å². The Balaban J connectivity index is 0.00000280. The van der Waals surface area contributed by atoms with E-state index in [9.17, 15) is 0 Å². The van der Waals surface area contributed by atoms with E-state index in [4.69, 9.17) is 4.52 Å². The molecule has 1 aliphatic rings. The van der Waals surface area contributed by atoms with Crippen LogP contribution in [0, 0.1) is 5.92 Å². The number of nitrogens with one attached hydrogen (secondary N) is 1. The molecule has 0 aromatic carbocycles. The number of imidazole rings is 1. The lowest BCUT2D eigenvalue weighted by molar-refractivity contribution is 0.188. The third-order valence-corrected chi connectivity index (χ3v) is 5.74. The fourth-order valence-corrected chi connectivity index (χ4v) is 3.91. The summed E-state index contributed by atoms with van der Waals surface area (Å²) in [5.74, 6) is 2.86. The van der Waals surface area contributed by atoms with Gasteiger partial charge in [-0.1, -0.05) is 25.9 Å². The lowest BCUT2D eigenvalue weighted by atomic mass is 9.93. The van der Waals surface area contributed by atoms with Crippen molar-refractivity contribution in [2.24, 2.45) is 10.9 Å². The monoisotopic (exact) mass is 500 g/mol. The van der Waals surface area contributed by atoms with Crippen LogP contribution >= 0.6 is 24.0 Å². The van der Waals surface area contributed by atoms with E-state index >= 15 is 0 Å². The molecule has 3 rings (SSSR count). The number of aliphatic imine (C=N–C) groups is 1. The van der Waals surface area contributed by atoms with Crippen molar-refractivity contribution in [1.82, 2.24) is 24.9 Å². The van der Waals surface area contributed by atoms with Crippen molar-refractivity contribution in [2.45, 2.75) is 58.5 Å². The number of hydrogen-bond donors (Lipinski definition) is 1. The Morgan fingerprint density at radius 3 is 2.82 bits per heavy atom. The predicted octanol–water partition coefficient (Wildman–Crippen LogP) is 4.05. The average molecular weight is 500 g/mol. The molecule has 156 valence electrons. The number of aromatic nitrogens is 3. The van der Waals surface area contributed by atoms with Crippen LogP contribution in [0.2, 0.25) is 0 Å². The van der Waals surface area contributed by atoms with Gasteiger partial charge in [-0.15, -0.1) is 24.0 Å². The Kier molecular flexibility index (Phi) is 8.78. The van der Waals surface area contributed by atoms with E-state index in [1.165, 1.54) is 0 Å². The van der Waals surface area contributed by atoms with Crippen molar-refractivity contribution in [3.8, 4) is 0 Å². The summed E-state index contributed by atoms with van der Waals surface area (Å²) in [5.41, 5.74) is 1.05. The molecule has 0 bridgehead atoms. The molecule has 1 aliphatic heterocycles. The normalized spacial score (nSPS) is 20.3. The Morgan fingerprint density at radius 1 is 1.39 bits per heavy atom. The van der Waals surface area contributed by atoms with Crippen molar-refractivity contribution >= 4 is 29.9 Å². The number of piperidine rings is 1. The molecule has 0 saturated carbocycles. The van der Waals surface area contributed by atoms with E-state index in [-0.39, 0.29) is 24.0 Å². The van der Waals surface area contributed by atoms with Crippen LogP contribution < -0.4 is 5.32 Å². The Hall–Kier alpha value is -1.58. The zero-order valence-electron chi connectivity index (χ0n) is 17.3. The van der Waals surface area contributed by atoms with Crippen molar-refractivity contribution < 1.29 is 4.52 Å². The number of likely N-dealkylation sites (tertiary alicyclic amines) is 1. The number of nitrogens with zero attached hydrogens (tertiary/aromatic N) is 5. The van der Waals surface area contributed by atoms with Crippen molar-refractivity contribution in [1.29, 1.82) is 0 Å². The van der Waals surface area contributed by atoms with Crippen LogP contribution in [0.5, 0.6) is 0 Å². The molecule has 1 fully saturated rings. The standard InChI is InChI=1S/C20H32N6O.HI/c1-5-16(6-2)18-11-17(27-24-18)12-23-20(21-4)25-9-7-15(3)19(13-25)26-10-8-22-14-26;/h8,10-11,14-16,19H,5-7,9,12-13H2,1-4H3,(H,21,23);1H. The molecule has 8 heteroatoms. The van der Waals surface area contributed by atoms with Crippen molar-refractivity contribution in [3.63, 3.8) is 0 Å². The highest BCUT2D eigenvalue weighted by molar-refractivity contribution is 14.0. The summed E-state index contributed by atoms with van der Waals surface area (Å²) in [7, 11) is 1.84. The summed E-state index contributed by atoms with van der Waals surface area (Å²) in [6.45, 7) is 9.22. The minimum Gasteiger partial charge on any atom is -0.359 e. The zero-order chi connectivity index (χ0) is 19.2. The first-order chi connectivity index (χ1) is 13.2. The first kappa shape index (κ1) is 22.7. The molecule has 1 saturated heterocycles. The molecule has 2 aromatic heterocycles. The SMILES string of the molecule is CCC(CC)c1cc(CNC(=NC)N2CCC(C)C(n3ccnc3)C2)on1.I. The molecule has 1 N–H and O–H groups in total. The predicted molar refractivity (Wildman–Crippen MR) is 122 cm³/mol. The van der Waals surface area contributed by atoms with E-state index in [2.05, 4.69) is 63.0 Å². The summed E-state index contributed by atoms with van der Waals surface area (Å²) in [6.07, 6.45) is 9.10. The largest absolute Gasteiger partial charge is 0.359 e. The van der Waals surface area contributed by atoms with Gasteiger partial charge in [-0.05, 0) is 25.2 Å². The zero-order valence-corrected chi connectivity index (χ0v) is 19.7. The van der Waals surface area contributed by atoms with Crippen LogP contribution in [-0.4, -0.2) is 45.7 Å². The lowest BCUT2D eigenvalue weighted by Crippen LogP contribution is -2.48. The second-order valence-electron chi connectivity index (χ2n) is 7.42. The van der Waals surface area contributed by atoms with E-state index < -0.39 is 0 Å². The Morgan fingerprint density at radius 2 is 2.18 bits per heavy atom. The molecule has 2 atom stereocenters. The quantitative estimate of drug-likeness (QED) is 0.368. The van der Waals surface area contributed by atoms with Gasteiger partial charge in [-0.2, -0.15) is 0 Å². The molecule has 0 radical (unpaired) electrons. The van der Waals surface area contributed by atoms with Gasteiger partial charge in [0.1, 0.15) is 0 Å². The molecule has 3 heterocycles. The maximum absolute atomic E-state index is 5.53. The van der Waals surface area contributed by atoms with E-state index in [1.54, 1.807) is 0 Å². The minimum atomic E-state index is 0. The molecule has 7 nitrogen and oxygen atoms in total. The highest BCUT2D eigenvalue weighted by Crippen LogP contribution is 2.27. The Bertz CT molecular complexity index is 725. The second kappa shape index (κ2) is 10.8. The second-order valence-corrected chi connectivity index (χ2v) is 7.42. The molecule has 2 unspecified atom stereocenters. The number of guanidine groups is 1. The molecule has 28 heavy (non-hydrogen) atoms. The molecular formula is C20H33IN6O. The Labute approximate surface area is 185 Å². The highest BCUT2D eigenvalue weighted by atomic mass is 127. The van der Waals surface area contributed by atoms with E-state index in [0.29, 0.717) is 24.4 Å². The van der Waals surface area contributed by atoms with Crippen molar-refractivity contribution in [2.75, 3.05) is 20.1 Å². The maximum atomic E-state index is 5.53. The van der Waals surface area contributed by atoms with Gasteiger partial charge in [-0.25, -0.2) is 4.98 Å². The van der Waals surface area contributed by atoms with Gasteiger partial charge in [0.15, 0.2) is 11.7 Å². The third kappa shape index (κ3) is 5.27. The fourth-order valence-electron chi connectivity index (χ4n) is 3.91. The minimum absolute atomic E-state index is 0. The number of halogens is 1. The summed E-state index contributed by atoms with van der Waals surface area (Å²) in [5, 5.41) is 7.69. The smallest absolute Gasteiger partial charge is 0.194 e. The lowest BCUT2D eigenvalue weighted by Gasteiger charge is -2.39.